The highest BCUT2D eigenvalue weighted by Crippen LogP contribution is 2.35. The minimum Gasteiger partial charge on any atom is -0.506 e. The van der Waals surface area contributed by atoms with E-state index in [1.807, 2.05) is 0 Å². The summed E-state index contributed by atoms with van der Waals surface area (Å²) >= 11 is 11.4. The van der Waals surface area contributed by atoms with Crippen LogP contribution >= 0.6 is 58.1 Å². The number of nitrogens with zero attached hydrogens (tertiary/aromatic N) is 2. The van der Waals surface area contributed by atoms with E-state index in [1.165, 1.54) is 74.2 Å². The predicted octanol–water partition coefficient (Wildman–Crippen LogP) is 13.7. The molecule has 2 amide bonds. The summed E-state index contributed by atoms with van der Waals surface area (Å²) in [6.07, 6.45) is -3.91. The maximum absolute atomic E-state index is 13.9. The quantitative estimate of drug-likeness (QED) is 0.107. The first kappa shape index (κ1) is 68.5. The fourth-order valence-electron chi connectivity index (χ4n) is 8.02. The summed E-state index contributed by atoms with van der Waals surface area (Å²) in [6.45, 7) is 12.5. The SMILES string of the molecule is CC(C)(C)OC(=O)N1CCO[C@H]([C@@H](Oc2ccc(F)cc2Cl)c2cccc(F)c2)C1.CC(C)(C)OC(=O)N1CCO[C@H]([C@H](O)c2cccc(F)c2)C1.Oc1ccc(F)cc1Cl.S.S.c1ccc(P(c2ccccc2)c2ccccc2)cc1. The number of ether oxygens (including phenoxy) is 5. The Bertz CT molecular complexity index is 2990. The molecule has 4 atom stereocenters. The van der Waals surface area contributed by atoms with Gasteiger partial charge in [-0.2, -0.15) is 27.0 Å². The first-order chi connectivity index (χ1) is 38.0. The van der Waals surface area contributed by atoms with E-state index in [0.717, 1.165) is 18.2 Å². The van der Waals surface area contributed by atoms with Crippen molar-refractivity contribution in [3.63, 3.8) is 0 Å². The van der Waals surface area contributed by atoms with Gasteiger partial charge in [0.2, 0.25) is 0 Å². The van der Waals surface area contributed by atoms with Crippen molar-refractivity contribution in [2.75, 3.05) is 39.4 Å². The van der Waals surface area contributed by atoms with Gasteiger partial charge >= 0.3 is 12.2 Å². The van der Waals surface area contributed by atoms with Gasteiger partial charge in [-0.05, 0) is 137 Å². The molecule has 0 radical (unpaired) electrons. The molecule has 2 N–H and O–H groups in total. The highest BCUT2D eigenvalue weighted by Gasteiger charge is 2.36. The lowest BCUT2D eigenvalue weighted by atomic mass is 10.0. The molecule has 2 aliphatic rings. The molecule has 0 aromatic heterocycles. The Balaban J connectivity index is 0.000000247. The lowest BCUT2D eigenvalue weighted by Crippen LogP contribution is -2.50. The molecule has 82 heavy (non-hydrogen) atoms. The van der Waals surface area contributed by atoms with Crippen molar-refractivity contribution in [1.82, 2.24) is 9.80 Å². The van der Waals surface area contributed by atoms with Gasteiger partial charge in [0.15, 0.2) is 6.10 Å². The van der Waals surface area contributed by atoms with E-state index in [-0.39, 0.29) is 68.2 Å². The van der Waals surface area contributed by atoms with Crippen LogP contribution in [0.1, 0.15) is 64.9 Å². The van der Waals surface area contributed by atoms with Crippen LogP contribution in [0.25, 0.3) is 0 Å². The zero-order valence-electron chi connectivity index (χ0n) is 46.2. The fourth-order valence-corrected chi connectivity index (χ4v) is 10.7. The van der Waals surface area contributed by atoms with Crippen molar-refractivity contribution < 1.29 is 61.0 Å². The van der Waals surface area contributed by atoms with Crippen molar-refractivity contribution in [3.8, 4) is 11.5 Å². The molecule has 0 saturated carbocycles. The van der Waals surface area contributed by atoms with E-state index >= 15 is 0 Å². The first-order valence-corrected chi connectivity index (χ1v) is 27.7. The highest BCUT2D eigenvalue weighted by atomic mass is 35.5. The minimum atomic E-state index is -0.999. The van der Waals surface area contributed by atoms with Gasteiger partial charge in [-0.3, -0.25) is 0 Å². The van der Waals surface area contributed by atoms with Crippen molar-refractivity contribution in [3.05, 3.63) is 220 Å². The van der Waals surface area contributed by atoms with E-state index in [0.29, 0.717) is 30.8 Å². The Kier molecular flexibility index (Phi) is 27.3. The van der Waals surface area contributed by atoms with Crippen LogP contribution in [0.4, 0.5) is 27.2 Å². The predicted molar refractivity (Wildman–Crippen MR) is 327 cm³/mol. The average Bonchev–Trinajstić information content (AvgIpc) is 3.47. The standard InChI is InChI=1S/C22H24ClF2NO4.C18H15P.C16H22FNO4.C6H4ClFO.2H2S/c1-22(2,3)30-21(27)26-9-10-28-19(13-26)20(14-5-4-6-15(24)11-14)29-18-8-7-16(25)12-17(18)23;1-4-10-16(11-5-1)19(17-12-6-2-7-13-17)18-14-8-3-9-15-18;1-16(2,3)22-15(20)18-7-8-21-13(10-18)14(19)11-5-4-6-12(17)9-11;7-5-3-4(8)1-2-6(5)9;;/h4-8,11-12,19-20H,9-10,13H2,1-3H3;1-15H;4-6,9,13-14,19H,7-8,10H2,1-3H3;1-3,9H;2*1H2/t19-,20-;;13-,14+;;;/m0.0.../s1. The third-order valence-corrected chi connectivity index (χ3v) is 14.7. The molecule has 2 fully saturated rings. The molecule has 0 unspecified atom stereocenters. The van der Waals surface area contributed by atoms with Gasteiger partial charge in [0.1, 0.15) is 64.3 Å². The van der Waals surface area contributed by atoms with Crippen molar-refractivity contribution in [1.29, 1.82) is 0 Å². The zero-order valence-corrected chi connectivity index (χ0v) is 50.6. The maximum atomic E-state index is 13.9. The Morgan fingerprint density at radius 3 is 1.38 bits per heavy atom. The van der Waals surface area contributed by atoms with Crippen molar-refractivity contribution in [2.45, 2.75) is 77.2 Å². The Labute approximate surface area is 502 Å². The molecule has 7 aromatic rings. The van der Waals surface area contributed by atoms with Crippen molar-refractivity contribution >= 4 is 86.2 Å². The Morgan fingerprint density at radius 1 is 0.549 bits per heavy atom. The monoisotopic (exact) mass is 1230 g/mol. The van der Waals surface area contributed by atoms with Crippen LogP contribution in [0.15, 0.2) is 176 Å². The number of carbonyl (C=O) groups is 2. The number of phenolic OH excluding ortho intramolecular Hbond substituents is 1. The van der Waals surface area contributed by atoms with Gasteiger partial charge in [0.05, 0.1) is 36.3 Å². The van der Waals surface area contributed by atoms with E-state index in [1.54, 1.807) is 59.7 Å². The Hall–Kier alpha value is -6.01. The molecule has 2 heterocycles. The van der Waals surface area contributed by atoms with Gasteiger partial charge in [0.25, 0.3) is 0 Å². The number of aliphatic hydroxyl groups excluding tert-OH is 1. The largest absolute Gasteiger partial charge is 0.506 e. The molecule has 0 bridgehead atoms. The second-order valence-electron chi connectivity index (χ2n) is 20.3. The number of rotatable bonds is 9. The first-order valence-electron chi connectivity index (χ1n) is 25.6. The number of morpholine rings is 2. The van der Waals surface area contributed by atoms with Gasteiger partial charge in [0, 0.05) is 13.1 Å². The topological polar surface area (TPSA) is 127 Å². The van der Waals surface area contributed by atoms with Gasteiger partial charge < -0.3 is 43.7 Å². The summed E-state index contributed by atoms with van der Waals surface area (Å²) in [5.41, 5.74) is -0.278. The summed E-state index contributed by atoms with van der Waals surface area (Å²) in [6, 6.07) is 51.1. The molecule has 9 rings (SSSR count). The van der Waals surface area contributed by atoms with Crippen LogP contribution in [0.2, 0.25) is 10.0 Å². The van der Waals surface area contributed by atoms with E-state index in [2.05, 4.69) is 91.0 Å². The second kappa shape index (κ2) is 32.7. The summed E-state index contributed by atoms with van der Waals surface area (Å²) in [5, 5.41) is 23.4. The Morgan fingerprint density at radius 2 is 0.951 bits per heavy atom. The number of amides is 2. The smallest absolute Gasteiger partial charge is 0.410 e. The van der Waals surface area contributed by atoms with Crippen LogP contribution < -0.4 is 20.7 Å². The summed E-state index contributed by atoms with van der Waals surface area (Å²) in [5.74, 6) is -1.68. The molecule has 20 heteroatoms. The maximum Gasteiger partial charge on any atom is 0.410 e. The zero-order chi connectivity index (χ0) is 58.0. The van der Waals surface area contributed by atoms with Gasteiger partial charge in [-0.1, -0.05) is 138 Å². The van der Waals surface area contributed by atoms with Crippen LogP contribution in [0.5, 0.6) is 11.5 Å². The van der Waals surface area contributed by atoms with Gasteiger partial charge in [-0.15, -0.1) is 0 Å². The molecule has 2 aliphatic heterocycles. The molecular formula is C62H69Cl2F4N2O9PS2. The number of aliphatic hydroxyl groups is 1. The third-order valence-electron chi connectivity index (χ3n) is 11.6. The lowest BCUT2D eigenvalue weighted by molar-refractivity contribution is -0.0908. The third kappa shape index (κ3) is 22.0. The second-order valence-corrected chi connectivity index (χ2v) is 23.3. The van der Waals surface area contributed by atoms with E-state index in [9.17, 15) is 32.3 Å². The number of hydrogen-bond acceptors (Lipinski definition) is 9. The normalized spacial score (nSPS) is 15.6. The van der Waals surface area contributed by atoms with Crippen LogP contribution in [0, 0.1) is 23.3 Å². The number of aromatic hydroxyl groups is 1. The lowest BCUT2D eigenvalue weighted by Gasteiger charge is -2.37. The highest BCUT2D eigenvalue weighted by molar-refractivity contribution is 7.79. The molecule has 7 aromatic carbocycles. The summed E-state index contributed by atoms with van der Waals surface area (Å²) in [4.78, 5) is 27.6. The van der Waals surface area contributed by atoms with Crippen LogP contribution in [-0.2, 0) is 18.9 Å². The number of carbonyl (C=O) groups excluding carboxylic acids is 2. The molecular weight excluding hydrogens is 1160 g/mol. The van der Waals surface area contributed by atoms with Gasteiger partial charge in [-0.25, -0.2) is 27.2 Å². The van der Waals surface area contributed by atoms with Crippen molar-refractivity contribution in [2.24, 2.45) is 0 Å². The average molecular weight is 1230 g/mol. The summed E-state index contributed by atoms with van der Waals surface area (Å²) < 4.78 is 80.9. The molecule has 440 valence electrons. The molecule has 2 saturated heterocycles. The van der Waals surface area contributed by atoms with E-state index < -0.39 is 79.0 Å². The number of phenols is 1. The number of benzene rings is 7. The fraction of sp³-hybridized carbons (Fsp3) is 0.290. The summed E-state index contributed by atoms with van der Waals surface area (Å²) in [7, 11) is -0.446. The van der Waals surface area contributed by atoms with E-state index in [4.69, 9.17) is 52.0 Å². The molecule has 11 nitrogen and oxygen atoms in total. The molecule has 0 aliphatic carbocycles. The molecule has 0 spiro atoms. The number of hydrogen-bond donors (Lipinski definition) is 2. The number of halogens is 6. The van der Waals surface area contributed by atoms with Crippen LogP contribution in [-0.4, -0.2) is 95.0 Å². The van der Waals surface area contributed by atoms with Crippen LogP contribution in [0.3, 0.4) is 0 Å². The minimum absolute atomic E-state index is 0.